The Morgan fingerprint density at radius 1 is 1.29 bits per heavy atom. The van der Waals surface area contributed by atoms with Gasteiger partial charge in [-0.1, -0.05) is 38.1 Å². The third-order valence-electron chi connectivity index (χ3n) is 3.26. The van der Waals surface area contributed by atoms with E-state index in [9.17, 15) is 5.11 Å². The minimum atomic E-state index is -0.148. The van der Waals surface area contributed by atoms with Crippen LogP contribution in [0.25, 0.3) is 0 Å². The van der Waals surface area contributed by atoms with E-state index in [2.05, 4.69) is 38.1 Å². The van der Waals surface area contributed by atoms with Crippen LogP contribution in [0, 0.1) is 5.92 Å². The molecule has 2 rings (SSSR count). The molecule has 0 fully saturated rings. The molecule has 1 N–H and O–H groups in total. The fourth-order valence-electron chi connectivity index (χ4n) is 2.58. The Labute approximate surface area is 85.8 Å². The molecule has 1 aliphatic rings. The van der Waals surface area contributed by atoms with Gasteiger partial charge in [0.25, 0.3) is 0 Å². The van der Waals surface area contributed by atoms with Crippen molar-refractivity contribution in [2.75, 3.05) is 0 Å². The molecule has 0 amide bonds. The second-order valence-electron chi connectivity index (χ2n) is 4.57. The maximum absolute atomic E-state index is 9.99. The van der Waals surface area contributed by atoms with Crippen molar-refractivity contribution in [3.05, 3.63) is 35.4 Å². The summed E-state index contributed by atoms with van der Waals surface area (Å²) < 4.78 is 0. The lowest BCUT2D eigenvalue weighted by molar-refractivity contribution is 0.106. The molecule has 14 heavy (non-hydrogen) atoms. The number of aliphatic hydroxyl groups excluding tert-OH is 1. The zero-order valence-corrected chi connectivity index (χ0v) is 8.90. The molecule has 1 aromatic rings. The highest BCUT2D eigenvalue weighted by Crippen LogP contribution is 2.36. The topological polar surface area (TPSA) is 20.2 Å². The van der Waals surface area contributed by atoms with E-state index in [1.807, 2.05) is 0 Å². The molecule has 0 heterocycles. The lowest BCUT2D eigenvalue weighted by atomic mass is 9.75. The maximum atomic E-state index is 9.99. The molecular weight excluding hydrogens is 172 g/mol. The molecule has 1 aliphatic carbocycles. The first-order chi connectivity index (χ1) is 6.70. The largest absolute Gasteiger partial charge is 0.392 e. The quantitative estimate of drug-likeness (QED) is 0.722. The van der Waals surface area contributed by atoms with Gasteiger partial charge in [-0.05, 0) is 29.9 Å². The van der Waals surface area contributed by atoms with E-state index in [-0.39, 0.29) is 6.10 Å². The minimum Gasteiger partial charge on any atom is -0.392 e. The van der Waals surface area contributed by atoms with E-state index in [1.54, 1.807) is 0 Å². The summed E-state index contributed by atoms with van der Waals surface area (Å²) in [5.74, 6) is 0.853. The summed E-state index contributed by atoms with van der Waals surface area (Å²) in [6.07, 6.45) is 1.80. The summed E-state index contributed by atoms with van der Waals surface area (Å²) in [4.78, 5) is 0. The van der Waals surface area contributed by atoms with Crippen molar-refractivity contribution in [2.45, 2.75) is 38.7 Å². The van der Waals surface area contributed by atoms with E-state index in [0.29, 0.717) is 11.8 Å². The van der Waals surface area contributed by atoms with Crippen molar-refractivity contribution < 1.29 is 5.11 Å². The summed E-state index contributed by atoms with van der Waals surface area (Å²) in [5.41, 5.74) is 2.79. The normalized spacial score (nSPS) is 26.3. The molecule has 1 heteroatoms. The summed E-state index contributed by atoms with van der Waals surface area (Å²) in [7, 11) is 0. The average Bonchev–Trinajstić information content (AvgIpc) is 2.17. The predicted octanol–water partition coefficient (Wildman–Crippen LogP) is 2.73. The van der Waals surface area contributed by atoms with E-state index in [1.165, 1.54) is 11.1 Å². The average molecular weight is 190 g/mol. The van der Waals surface area contributed by atoms with Gasteiger partial charge in [0.2, 0.25) is 0 Å². The van der Waals surface area contributed by atoms with Crippen molar-refractivity contribution in [1.29, 1.82) is 0 Å². The van der Waals surface area contributed by atoms with Crippen LogP contribution in [0.15, 0.2) is 24.3 Å². The molecule has 0 aromatic heterocycles. The predicted molar refractivity (Wildman–Crippen MR) is 58.3 cm³/mol. The van der Waals surface area contributed by atoms with Gasteiger partial charge in [-0.25, -0.2) is 0 Å². The van der Waals surface area contributed by atoms with Crippen LogP contribution in [-0.4, -0.2) is 11.2 Å². The molecule has 1 aromatic carbocycles. The third-order valence-corrected chi connectivity index (χ3v) is 3.26. The van der Waals surface area contributed by atoms with E-state index in [4.69, 9.17) is 0 Å². The van der Waals surface area contributed by atoms with Crippen LogP contribution < -0.4 is 0 Å². The Balaban J connectivity index is 2.41. The fourth-order valence-corrected chi connectivity index (χ4v) is 2.58. The van der Waals surface area contributed by atoms with Gasteiger partial charge in [0.05, 0.1) is 6.10 Å². The third kappa shape index (κ3) is 1.57. The first-order valence-corrected chi connectivity index (χ1v) is 5.46. The number of fused-ring (bicyclic) bond motifs is 1. The summed E-state index contributed by atoms with van der Waals surface area (Å²) >= 11 is 0. The van der Waals surface area contributed by atoms with Crippen LogP contribution in [0.1, 0.15) is 37.3 Å². The van der Waals surface area contributed by atoms with Gasteiger partial charge < -0.3 is 5.11 Å². The first-order valence-electron chi connectivity index (χ1n) is 5.46. The zero-order chi connectivity index (χ0) is 10.1. The Hall–Kier alpha value is -0.820. The van der Waals surface area contributed by atoms with Crippen LogP contribution in [0.3, 0.4) is 0 Å². The first kappa shape index (κ1) is 9.72. The smallest absolute Gasteiger partial charge is 0.0614 e. The molecular formula is C13H18O. The van der Waals surface area contributed by atoms with Crippen molar-refractivity contribution >= 4 is 0 Å². The van der Waals surface area contributed by atoms with E-state index >= 15 is 0 Å². The summed E-state index contributed by atoms with van der Waals surface area (Å²) in [6, 6.07) is 8.53. The number of rotatable bonds is 1. The SMILES string of the molecule is CC(C)[C@H]1c2ccccc2CC[C@H]1O. The van der Waals surface area contributed by atoms with Crippen molar-refractivity contribution in [1.82, 2.24) is 0 Å². The summed E-state index contributed by atoms with van der Waals surface area (Å²) in [6.45, 7) is 4.38. The number of hydrogen-bond acceptors (Lipinski definition) is 1. The highest BCUT2D eigenvalue weighted by molar-refractivity contribution is 5.34. The van der Waals surface area contributed by atoms with Gasteiger partial charge in [0, 0.05) is 5.92 Å². The lowest BCUT2D eigenvalue weighted by Crippen LogP contribution is -2.28. The Morgan fingerprint density at radius 3 is 2.71 bits per heavy atom. The molecule has 0 aliphatic heterocycles. The molecule has 0 saturated heterocycles. The number of benzene rings is 1. The van der Waals surface area contributed by atoms with Crippen LogP contribution >= 0.6 is 0 Å². The van der Waals surface area contributed by atoms with Crippen molar-refractivity contribution in [3.63, 3.8) is 0 Å². The molecule has 0 saturated carbocycles. The Morgan fingerprint density at radius 2 is 2.00 bits per heavy atom. The number of aryl methyl sites for hydroxylation is 1. The molecule has 0 bridgehead atoms. The standard InChI is InChI=1S/C13H18O/c1-9(2)13-11-6-4-3-5-10(11)7-8-12(13)14/h3-6,9,12-14H,7-8H2,1-2H3/t12-,13+/m1/s1. The zero-order valence-electron chi connectivity index (χ0n) is 8.90. The van der Waals surface area contributed by atoms with Gasteiger partial charge in [0.15, 0.2) is 0 Å². The molecule has 2 atom stereocenters. The number of aliphatic hydroxyl groups is 1. The van der Waals surface area contributed by atoms with Gasteiger partial charge >= 0.3 is 0 Å². The highest BCUT2D eigenvalue weighted by atomic mass is 16.3. The van der Waals surface area contributed by atoms with Crippen molar-refractivity contribution in [2.24, 2.45) is 5.92 Å². The highest BCUT2D eigenvalue weighted by Gasteiger charge is 2.29. The van der Waals surface area contributed by atoms with E-state index in [0.717, 1.165) is 12.8 Å². The molecule has 0 unspecified atom stereocenters. The fraction of sp³-hybridized carbons (Fsp3) is 0.538. The number of hydrogen-bond donors (Lipinski definition) is 1. The van der Waals surface area contributed by atoms with Gasteiger partial charge in [0.1, 0.15) is 0 Å². The van der Waals surface area contributed by atoms with Gasteiger partial charge in [-0.15, -0.1) is 0 Å². The van der Waals surface area contributed by atoms with Crippen molar-refractivity contribution in [3.8, 4) is 0 Å². The Kier molecular flexibility index (Phi) is 2.60. The van der Waals surface area contributed by atoms with E-state index < -0.39 is 0 Å². The van der Waals surface area contributed by atoms with Crippen LogP contribution in [0.2, 0.25) is 0 Å². The molecule has 0 spiro atoms. The van der Waals surface area contributed by atoms with Gasteiger partial charge in [-0.3, -0.25) is 0 Å². The molecule has 1 nitrogen and oxygen atoms in total. The Bertz CT molecular complexity index is 317. The van der Waals surface area contributed by atoms with Gasteiger partial charge in [-0.2, -0.15) is 0 Å². The molecule has 0 radical (unpaired) electrons. The monoisotopic (exact) mass is 190 g/mol. The van der Waals surface area contributed by atoms with Crippen LogP contribution in [0.4, 0.5) is 0 Å². The van der Waals surface area contributed by atoms with Crippen LogP contribution in [0.5, 0.6) is 0 Å². The minimum absolute atomic E-state index is 0.148. The summed E-state index contributed by atoms with van der Waals surface area (Å²) in [5, 5.41) is 9.99. The second kappa shape index (κ2) is 3.74. The lowest BCUT2D eigenvalue weighted by Gasteiger charge is -2.33. The van der Waals surface area contributed by atoms with Crippen LogP contribution in [-0.2, 0) is 6.42 Å². The maximum Gasteiger partial charge on any atom is 0.0614 e. The molecule has 76 valence electrons. The second-order valence-corrected chi connectivity index (χ2v) is 4.57.